The fraction of sp³-hybridized carbons (Fsp3) is 0. The van der Waals surface area contributed by atoms with E-state index in [0.29, 0.717) is 0 Å². The van der Waals surface area contributed by atoms with Gasteiger partial charge < -0.3 is 0 Å². The Kier molecular flexibility index (Phi) is 3.01. The second-order valence-electron chi connectivity index (χ2n) is 0.279. The highest BCUT2D eigenvalue weighted by Gasteiger charge is 1.42. The second-order valence-corrected chi connectivity index (χ2v) is 0.658. The minimum Gasteiger partial charge on any atom is -0.278 e. The molecule has 1 N–H and O–H groups in total. The molecule has 0 radical (unpaired) electrons. The smallest absolute Gasteiger partial charge is 0.0992 e. The number of nitrogens with one attached hydrogen (secondary N) is 1. The van der Waals surface area contributed by atoms with Gasteiger partial charge in [-0.3, -0.25) is 5.16 Å². The lowest BCUT2D eigenvalue weighted by Crippen LogP contribution is -1.03. The van der Waals surface area contributed by atoms with E-state index in [1.807, 2.05) is 0 Å². The van der Waals surface area contributed by atoms with E-state index in [1.54, 1.807) is 0 Å². The zero-order chi connectivity index (χ0) is 4.12. The molecule has 0 amide bonds. The van der Waals surface area contributed by atoms with E-state index >= 15 is 0 Å². The Bertz CT molecular complexity index is 67.7. The van der Waals surface area contributed by atoms with Crippen LogP contribution in [0.15, 0.2) is 4.88 Å². The molecular formula is HN4P. The summed E-state index contributed by atoms with van der Waals surface area (Å²) in [6, 6.07) is 0. The van der Waals surface area contributed by atoms with Crippen molar-refractivity contribution in [1.82, 2.24) is 0 Å². The lowest BCUT2D eigenvalue weighted by Gasteiger charge is -1.42. The van der Waals surface area contributed by atoms with Gasteiger partial charge in [0.1, 0.15) is 0 Å². The van der Waals surface area contributed by atoms with Crippen LogP contribution in [0.4, 0.5) is 0 Å². The third-order valence-electron chi connectivity index (χ3n) is 0.0847. The van der Waals surface area contributed by atoms with E-state index in [4.69, 9.17) is 10.7 Å². The van der Waals surface area contributed by atoms with Crippen molar-refractivity contribution in [2.24, 2.45) is 4.88 Å². The summed E-state index contributed by atoms with van der Waals surface area (Å²) < 4.78 is 0. The van der Waals surface area contributed by atoms with Crippen LogP contribution in [0.2, 0.25) is 0 Å². The Morgan fingerprint density at radius 3 is 2.60 bits per heavy atom. The van der Waals surface area contributed by atoms with Gasteiger partial charge in [0.05, 0.1) is 8.52 Å². The van der Waals surface area contributed by atoms with Gasteiger partial charge in [-0.05, 0) is 10.4 Å². The Morgan fingerprint density at radius 2 is 2.60 bits per heavy atom. The summed E-state index contributed by atoms with van der Waals surface area (Å²) in [6.45, 7) is 0. The van der Waals surface area contributed by atoms with Crippen molar-refractivity contribution >= 4 is 8.52 Å². The maximum Gasteiger partial charge on any atom is 0.0992 e. The second kappa shape index (κ2) is 3.41. The van der Waals surface area contributed by atoms with Crippen LogP contribution in [0.5, 0.6) is 0 Å². The highest BCUT2D eigenvalue weighted by Crippen LogP contribution is 1.89. The normalized spacial score (nSPS) is 6.40. The lowest BCUT2D eigenvalue weighted by atomic mass is 13.0. The molecule has 0 aliphatic carbocycles. The van der Waals surface area contributed by atoms with Crippen LogP contribution in [0, 0.1) is 5.16 Å². The molecule has 26 valence electrons. The molecule has 0 saturated heterocycles. The fourth-order valence-corrected chi connectivity index (χ4v) is 0.0600. The number of nitrogens with zero attached hydrogens (tertiary/aromatic N) is 3. The molecule has 5 heavy (non-hydrogen) atoms. The maximum atomic E-state index is 7.40. The minimum atomic E-state index is -0.0120. The van der Waals surface area contributed by atoms with Gasteiger partial charge in [-0.1, -0.05) is 0 Å². The summed E-state index contributed by atoms with van der Waals surface area (Å²) in [4.78, 5) is 5.07. The number of hydrogen-bond donors (Lipinski definition) is 1. The van der Waals surface area contributed by atoms with Crippen LogP contribution in [0.25, 0.3) is 10.4 Å². The largest absolute Gasteiger partial charge is 0.278 e. The van der Waals surface area contributed by atoms with Crippen molar-refractivity contribution in [2.75, 3.05) is 0 Å². The molecule has 0 unspecified atom stereocenters. The van der Waals surface area contributed by atoms with E-state index in [-0.39, 0.29) is 8.52 Å². The van der Waals surface area contributed by atoms with Crippen LogP contribution >= 0.6 is 8.52 Å². The SMILES string of the molecule is [N-]=[N+]=NP=N. The Balaban J connectivity index is 3.31. The molecule has 5 heteroatoms. The first-order valence-electron chi connectivity index (χ1n) is 0.824. The quantitative estimate of drug-likeness (QED) is 0.220. The van der Waals surface area contributed by atoms with Gasteiger partial charge in [0.25, 0.3) is 0 Å². The van der Waals surface area contributed by atoms with Gasteiger partial charge in [-0.2, -0.15) is 0 Å². The molecule has 0 atom stereocenters. The van der Waals surface area contributed by atoms with Crippen molar-refractivity contribution < 1.29 is 0 Å². The molecule has 0 rings (SSSR count). The highest BCUT2D eigenvalue weighted by molar-refractivity contribution is 7.23. The summed E-state index contributed by atoms with van der Waals surface area (Å²) in [5.41, 5.74) is 7.40. The molecule has 0 aromatic rings. The minimum absolute atomic E-state index is 0.0120. The van der Waals surface area contributed by atoms with Crippen LogP contribution in [0.3, 0.4) is 0 Å². The molecule has 0 saturated carbocycles. The van der Waals surface area contributed by atoms with Gasteiger partial charge in [0.2, 0.25) is 0 Å². The van der Waals surface area contributed by atoms with Crippen LogP contribution in [0.1, 0.15) is 0 Å². The first-order valence-corrected chi connectivity index (χ1v) is 1.67. The standard InChI is InChI=1S/HN4P/c1-3-4-5-2/h2H. The number of rotatable bonds is 1. The van der Waals surface area contributed by atoms with E-state index in [0.717, 1.165) is 0 Å². The summed E-state index contributed by atoms with van der Waals surface area (Å²) in [7, 11) is -0.0120. The van der Waals surface area contributed by atoms with Gasteiger partial charge in [0.15, 0.2) is 0 Å². The van der Waals surface area contributed by atoms with Gasteiger partial charge in [-0.25, -0.2) is 0 Å². The van der Waals surface area contributed by atoms with Crippen molar-refractivity contribution in [2.45, 2.75) is 0 Å². The highest BCUT2D eigenvalue weighted by atomic mass is 31.1. The Labute approximate surface area is 30.2 Å². The molecule has 0 bridgehead atoms. The first-order chi connectivity index (χ1) is 2.41. The molecule has 4 nitrogen and oxygen atoms in total. The van der Waals surface area contributed by atoms with Crippen LogP contribution in [-0.4, -0.2) is 0 Å². The predicted octanol–water partition coefficient (Wildman–Crippen LogP) is 1.92. The lowest BCUT2D eigenvalue weighted by molar-refractivity contribution is 1.60. The van der Waals surface area contributed by atoms with Gasteiger partial charge in [0, 0.05) is 4.91 Å². The zero-order valence-electron chi connectivity index (χ0n) is 2.29. The van der Waals surface area contributed by atoms with E-state index in [1.165, 1.54) is 0 Å². The molecule has 0 aliphatic heterocycles. The Morgan fingerprint density at radius 1 is 2.00 bits per heavy atom. The first kappa shape index (κ1) is 4.41. The molecular weight excluding hydrogens is 87.0 g/mol. The van der Waals surface area contributed by atoms with Crippen molar-refractivity contribution in [3.8, 4) is 0 Å². The van der Waals surface area contributed by atoms with Crippen molar-refractivity contribution in [3.63, 3.8) is 0 Å². The summed E-state index contributed by atoms with van der Waals surface area (Å²) in [5.74, 6) is 0. The number of hydrogen-bond acceptors (Lipinski definition) is 1. The molecule has 0 aromatic heterocycles. The predicted molar refractivity (Wildman–Crippen MR) is 18.8 cm³/mol. The third-order valence-corrected chi connectivity index (χ3v) is 0.254. The molecule has 0 spiro atoms. The summed E-state index contributed by atoms with van der Waals surface area (Å²) in [6.07, 6.45) is 0. The van der Waals surface area contributed by atoms with Crippen LogP contribution < -0.4 is 0 Å². The average Bonchev–Trinajstić information content (AvgIpc) is 1.41. The van der Waals surface area contributed by atoms with Crippen molar-refractivity contribution in [3.05, 3.63) is 10.4 Å². The summed E-state index contributed by atoms with van der Waals surface area (Å²) in [5, 5.41) is 6.15. The van der Waals surface area contributed by atoms with E-state index < -0.39 is 0 Å². The molecule has 0 fully saturated rings. The number of azide groups is 1. The maximum absolute atomic E-state index is 7.40. The molecule has 0 aromatic carbocycles. The van der Waals surface area contributed by atoms with Gasteiger partial charge in [-0.15, -0.1) is 0 Å². The average molecular weight is 88.0 g/mol. The fourth-order valence-electron chi connectivity index (χ4n) is 0.0200. The Hall–Kier alpha value is -0.590. The van der Waals surface area contributed by atoms with Gasteiger partial charge >= 0.3 is 0 Å². The van der Waals surface area contributed by atoms with E-state index in [9.17, 15) is 0 Å². The molecule has 0 heterocycles. The monoisotopic (exact) mass is 88.0 g/mol. The van der Waals surface area contributed by atoms with E-state index in [2.05, 4.69) is 9.80 Å². The third kappa shape index (κ3) is 3.41. The molecule has 0 aliphatic rings. The summed E-state index contributed by atoms with van der Waals surface area (Å²) >= 11 is 0. The zero-order valence-corrected chi connectivity index (χ0v) is 3.18. The van der Waals surface area contributed by atoms with Crippen molar-refractivity contribution in [1.29, 1.82) is 5.16 Å². The topological polar surface area (TPSA) is 72.6 Å². The van der Waals surface area contributed by atoms with Crippen LogP contribution in [-0.2, 0) is 0 Å².